The van der Waals surface area contributed by atoms with Crippen LogP contribution in [0.1, 0.15) is 5.56 Å². The molecule has 0 aliphatic carbocycles. The number of H-pyrrole nitrogens is 2. The Kier molecular flexibility index (Phi) is 4.81. The SMILES string of the molecule is O=C(/C=C/c1cn(-c2ccccc2)nc1-c1cccs1)Nc1ccc2[nH]c(=O)[nH]c2c1. The molecule has 0 atom stereocenters. The number of carbonyl (C=O) groups is 1. The predicted molar refractivity (Wildman–Crippen MR) is 123 cm³/mol. The molecule has 0 aliphatic heterocycles. The number of amides is 1. The number of thiophene rings is 1. The summed E-state index contributed by atoms with van der Waals surface area (Å²) in [6.07, 6.45) is 5.14. The van der Waals surface area contributed by atoms with Crippen LogP contribution in [0, 0.1) is 0 Å². The maximum atomic E-state index is 12.5. The highest BCUT2D eigenvalue weighted by Crippen LogP contribution is 2.28. The number of hydrogen-bond donors (Lipinski definition) is 3. The van der Waals surface area contributed by atoms with Crippen molar-refractivity contribution in [1.82, 2.24) is 19.7 Å². The van der Waals surface area contributed by atoms with Gasteiger partial charge in [0.05, 0.1) is 21.6 Å². The summed E-state index contributed by atoms with van der Waals surface area (Å²) in [5.74, 6) is -0.276. The lowest BCUT2D eigenvalue weighted by Crippen LogP contribution is -2.07. The summed E-state index contributed by atoms with van der Waals surface area (Å²) >= 11 is 1.60. The van der Waals surface area contributed by atoms with E-state index in [4.69, 9.17) is 5.10 Å². The zero-order valence-corrected chi connectivity index (χ0v) is 17.0. The molecule has 0 saturated carbocycles. The van der Waals surface area contributed by atoms with Gasteiger partial charge in [-0.2, -0.15) is 5.10 Å². The molecule has 0 spiro atoms. The van der Waals surface area contributed by atoms with Crippen LogP contribution in [0.15, 0.2) is 83.1 Å². The summed E-state index contributed by atoms with van der Waals surface area (Å²) in [6, 6.07) is 19.0. The number of anilines is 1. The molecule has 5 aromatic rings. The third-order valence-corrected chi connectivity index (χ3v) is 5.59. The number of para-hydroxylation sites is 1. The van der Waals surface area contributed by atoms with Crippen LogP contribution in [-0.4, -0.2) is 25.7 Å². The van der Waals surface area contributed by atoms with Gasteiger partial charge < -0.3 is 15.3 Å². The van der Waals surface area contributed by atoms with E-state index in [1.54, 1.807) is 35.6 Å². The molecular formula is C23H17N5O2S. The van der Waals surface area contributed by atoms with Crippen LogP contribution >= 0.6 is 11.3 Å². The summed E-state index contributed by atoms with van der Waals surface area (Å²) < 4.78 is 1.81. The van der Waals surface area contributed by atoms with E-state index in [1.807, 2.05) is 58.7 Å². The van der Waals surface area contributed by atoms with Gasteiger partial charge in [-0.05, 0) is 47.9 Å². The molecule has 152 valence electrons. The lowest BCUT2D eigenvalue weighted by Gasteiger charge is -2.01. The van der Waals surface area contributed by atoms with Crippen molar-refractivity contribution in [2.45, 2.75) is 0 Å². The fourth-order valence-corrected chi connectivity index (χ4v) is 4.02. The number of hydrogen-bond acceptors (Lipinski definition) is 4. The molecule has 8 heteroatoms. The number of fused-ring (bicyclic) bond motifs is 1. The molecule has 0 bridgehead atoms. The minimum atomic E-state index is -0.282. The molecule has 0 aliphatic rings. The van der Waals surface area contributed by atoms with Crippen LogP contribution in [0.4, 0.5) is 5.69 Å². The zero-order chi connectivity index (χ0) is 21.2. The van der Waals surface area contributed by atoms with Gasteiger partial charge in [0.1, 0.15) is 5.69 Å². The van der Waals surface area contributed by atoms with E-state index in [1.165, 1.54) is 6.08 Å². The van der Waals surface area contributed by atoms with Gasteiger partial charge in [0, 0.05) is 23.5 Å². The number of benzene rings is 2. The van der Waals surface area contributed by atoms with Crippen molar-refractivity contribution in [2.75, 3.05) is 5.32 Å². The minimum absolute atomic E-state index is 0.276. The normalized spacial score (nSPS) is 11.4. The lowest BCUT2D eigenvalue weighted by molar-refractivity contribution is -0.111. The highest BCUT2D eigenvalue weighted by Gasteiger charge is 2.12. The first-order chi connectivity index (χ1) is 15.2. The quantitative estimate of drug-likeness (QED) is 0.362. The Bertz CT molecular complexity index is 1440. The molecular weight excluding hydrogens is 410 g/mol. The first-order valence-electron chi connectivity index (χ1n) is 9.56. The van der Waals surface area contributed by atoms with E-state index in [9.17, 15) is 9.59 Å². The van der Waals surface area contributed by atoms with Crippen molar-refractivity contribution in [3.05, 3.63) is 94.4 Å². The third-order valence-electron chi connectivity index (χ3n) is 4.72. The van der Waals surface area contributed by atoms with E-state index in [2.05, 4.69) is 15.3 Å². The van der Waals surface area contributed by atoms with Gasteiger partial charge >= 0.3 is 5.69 Å². The highest BCUT2D eigenvalue weighted by molar-refractivity contribution is 7.13. The Morgan fingerprint density at radius 3 is 2.68 bits per heavy atom. The van der Waals surface area contributed by atoms with Crippen LogP contribution < -0.4 is 11.0 Å². The van der Waals surface area contributed by atoms with Crippen LogP contribution in [0.3, 0.4) is 0 Å². The van der Waals surface area contributed by atoms with Crippen LogP contribution in [-0.2, 0) is 4.79 Å². The van der Waals surface area contributed by atoms with Crippen molar-refractivity contribution < 1.29 is 4.79 Å². The van der Waals surface area contributed by atoms with E-state index >= 15 is 0 Å². The molecule has 0 saturated heterocycles. The molecule has 0 fully saturated rings. The lowest BCUT2D eigenvalue weighted by atomic mass is 10.2. The van der Waals surface area contributed by atoms with Gasteiger partial charge in [0.15, 0.2) is 0 Å². The average molecular weight is 427 g/mol. The van der Waals surface area contributed by atoms with Gasteiger partial charge in [-0.25, -0.2) is 9.48 Å². The van der Waals surface area contributed by atoms with Crippen LogP contribution in [0.2, 0.25) is 0 Å². The monoisotopic (exact) mass is 427 g/mol. The van der Waals surface area contributed by atoms with Gasteiger partial charge in [0.25, 0.3) is 0 Å². The van der Waals surface area contributed by atoms with Crippen molar-refractivity contribution in [2.24, 2.45) is 0 Å². The fourth-order valence-electron chi connectivity index (χ4n) is 3.29. The number of nitrogens with zero attached hydrogens (tertiary/aromatic N) is 2. The Balaban J connectivity index is 1.41. The van der Waals surface area contributed by atoms with Crippen molar-refractivity contribution in [3.8, 4) is 16.3 Å². The Morgan fingerprint density at radius 2 is 1.87 bits per heavy atom. The number of aromatic nitrogens is 4. The Morgan fingerprint density at radius 1 is 1.03 bits per heavy atom. The van der Waals surface area contributed by atoms with E-state index in [0.717, 1.165) is 21.8 Å². The standard InChI is InChI=1S/C23H17N5O2S/c29-21(24-16-9-10-18-19(13-16)26-23(30)25-18)11-8-15-14-28(17-5-2-1-3-6-17)27-22(15)20-7-4-12-31-20/h1-14H,(H,24,29)(H2,25,26,30)/b11-8+. The van der Waals surface area contributed by atoms with Gasteiger partial charge in [-0.15, -0.1) is 11.3 Å². The van der Waals surface area contributed by atoms with Crippen molar-refractivity contribution >= 4 is 40.0 Å². The molecule has 31 heavy (non-hydrogen) atoms. The van der Waals surface area contributed by atoms with Gasteiger partial charge in [-0.1, -0.05) is 24.3 Å². The molecule has 5 rings (SSSR count). The summed E-state index contributed by atoms with van der Waals surface area (Å²) in [7, 11) is 0. The van der Waals surface area contributed by atoms with Crippen LogP contribution in [0.5, 0.6) is 0 Å². The smallest absolute Gasteiger partial charge is 0.322 e. The van der Waals surface area contributed by atoms with Crippen molar-refractivity contribution in [1.29, 1.82) is 0 Å². The number of imidazole rings is 1. The first-order valence-corrected chi connectivity index (χ1v) is 10.4. The molecule has 0 unspecified atom stereocenters. The summed E-state index contributed by atoms with van der Waals surface area (Å²) in [5.41, 5.74) is 4.23. The molecule has 3 aromatic heterocycles. The fraction of sp³-hybridized carbons (Fsp3) is 0. The summed E-state index contributed by atoms with van der Waals surface area (Å²) in [6.45, 7) is 0. The topological polar surface area (TPSA) is 95.6 Å². The van der Waals surface area contributed by atoms with Crippen molar-refractivity contribution in [3.63, 3.8) is 0 Å². The summed E-state index contributed by atoms with van der Waals surface area (Å²) in [5, 5.41) is 9.55. The van der Waals surface area contributed by atoms with E-state index in [-0.39, 0.29) is 11.6 Å². The maximum absolute atomic E-state index is 12.5. The largest absolute Gasteiger partial charge is 0.323 e. The first kappa shape index (κ1) is 18.8. The second-order valence-electron chi connectivity index (χ2n) is 6.85. The molecule has 3 N–H and O–H groups in total. The molecule has 3 heterocycles. The average Bonchev–Trinajstić information content (AvgIpc) is 3.51. The summed E-state index contributed by atoms with van der Waals surface area (Å²) in [4.78, 5) is 30.3. The molecule has 2 aromatic carbocycles. The minimum Gasteiger partial charge on any atom is -0.322 e. The van der Waals surface area contributed by atoms with Gasteiger partial charge in [-0.3, -0.25) is 4.79 Å². The van der Waals surface area contributed by atoms with E-state index in [0.29, 0.717) is 16.7 Å². The highest BCUT2D eigenvalue weighted by atomic mass is 32.1. The Labute approximate surface area is 180 Å². The second-order valence-corrected chi connectivity index (χ2v) is 7.80. The van der Waals surface area contributed by atoms with Gasteiger partial charge in [0.2, 0.25) is 5.91 Å². The second kappa shape index (κ2) is 7.92. The molecule has 1 amide bonds. The Hall–Kier alpha value is -4.17. The molecule has 7 nitrogen and oxygen atoms in total. The number of aromatic amines is 2. The number of rotatable bonds is 5. The van der Waals surface area contributed by atoms with E-state index < -0.39 is 0 Å². The third kappa shape index (κ3) is 3.96. The number of carbonyl (C=O) groups excluding carboxylic acids is 1. The predicted octanol–water partition coefficient (Wildman–Crippen LogP) is 4.42. The zero-order valence-electron chi connectivity index (χ0n) is 16.2. The molecule has 0 radical (unpaired) electrons. The van der Waals surface area contributed by atoms with Crippen LogP contribution in [0.25, 0.3) is 33.4 Å². The maximum Gasteiger partial charge on any atom is 0.323 e. The number of nitrogens with one attached hydrogen (secondary N) is 3.